The van der Waals surface area contributed by atoms with Crippen molar-refractivity contribution in [3.8, 4) is 0 Å². The smallest absolute Gasteiger partial charge is 0.414 e. The summed E-state index contributed by atoms with van der Waals surface area (Å²) >= 11 is 0. The van der Waals surface area contributed by atoms with Crippen molar-refractivity contribution in [3.05, 3.63) is 11.9 Å². The van der Waals surface area contributed by atoms with Crippen LogP contribution in [0.2, 0.25) is 0 Å². The molecule has 0 N–H and O–H groups in total. The highest BCUT2D eigenvalue weighted by atomic mass is 16.6. The molecular weight excluding hydrogens is 132 g/mol. The minimum atomic E-state index is -0.266. The van der Waals surface area contributed by atoms with Gasteiger partial charge in [0.05, 0.1) is 12.2 Å². The number of nitrogens with zero attached hydrogens (tertiary/aromatic N) is 2. The van der Waals surface area contributed by atoms with Gasteiger partial charge < -0.3 is 4.74 Å². The van der Waals surface area contributed by atoms with Gasteiger partial charge in [-0.05, 0) is 0 Å². The number of fused-ring (bicyclic) bond motifs is 1. The number of carbonyl (C=O) groups is 1. The summed E-state index contributed by atoms with van der Waals surface area (Å²) in [6.07, 6.45) is 3.06. The summed E-state index contributed by atoms with van der Waals surface area (Å²) in [5, 5.41) is 0. The molecule has 0 aliphatic carbocycles. The SMILES string of the molecule is O=C1OCC2=CN=CCN12. The van der Waals surface area contributed by atoms with E-state index in [0.29, 0.717) is 13.2 Å². The monoisotopic (exact) mass is 138 g/mol. The zero-order valence-corrected chi connectivity index (χ0v) is 5.28. The molecule has 2 aliphatic heterocycles. The molecule has 0 atom stereocenters. The Morgan fingerprint density at radius 3 is 3.40 bits per heavy atom. The Morgan fingerprint density at radius 2 is 2.60 bits per heavy atom. The van der Waals surface area contributed by atoms with Crippen molar-refractivity contribution < 1.29 is 9.53 Å². The predicted octanol–water partition coefficient (Wildman–Crippen LogP) is 0.364. The second-order valence-electron chi connectivity index (χ2n) is 2.12. The largest absolute Gasteiger partial charge is 0.443 e. The first kappa shape index (κ1) is 5.46. The molecule has 0 aromatic heterocycles. The lowest BCUT2D eigenvalue weighted by molar-refractivity contribution is 0.162. The number of ether oxygens (including phenoxy) is 1. The lowest BCUT2D eigenvalue weighted by Gasteiger charge is -2.12. The number of rotatable bonds is 0. The summed E-state index contributed by atoms with van der Waals surface area (Å²) < 4.78 is 4.74. The molecule has 2 aliphatic rings. The Labute approximate surface area is 57.8 Å². The van der Waals surface area contributed by atoms with Crippen LogP contribution in [-0.2, 0) is 4.74 Å². The number of aliphatic imine (C=N–C) groups is 1. The van der Waals surface area contributed by atoms with Gasteiger partial charge in [0.1, 0.15) is 6.61 Å². The molecule has 1 fully saturated rings. The van der Waals surface area contributed by atoms with Gasteiger partial charge in [-0.15, -0.1) is 0 Å². The van der Waals surface area contributed by atoms with Crippen LogP contribution < -0.4 is 0 Å². The van der Waals surface area contributed by atoms with Crippen LogP contribution in [-0.4, -0.2) is 30.4 Å². The van der Waals surface area contributed by atoms with Gasteiger partial charge in [0.15, 0.2) is 0 Å². The van der Waals surface area contributed by atoms with Crippen LogP contribution >= 0.6 is 0 Å². The van der Waals surface area contributed by atoms with Crippen LogP contribution in [0, 0.1) is 0 Å². The summed E-state index contributed by atoms with van der Waals surface area (Å²) in [4.78, 5) is 16.3. The normalized spacial score (nSPS) is 22.2. The van der Waals surface area contributed by atoms with E-state index < -0.39 is 0 Å². The summed E-state index contributed by atoms with van der Waals surface area (Å²) in [6, 6.07) is 0. The summed E-state index contributed by atoms with van der Waals surface area (Å²) in [5.41, 5.74) is 0.854. The molecule has 0 aromatic rings. The van der Waals surface area contributed by atoms with Gasteiger partial charge in [-0.2, -0.15) is 0 Å². The van der Waals surface area contributed by atoms with Gasteiger partial charge in [0.25, 0.3) is 0 Å². The number of cyclic esters (lactones) is 1. The van der Waals surface area contributed by atoms with E-state index >= 15 is 0 Å². The molecule has 0 saturated carbocycles. The van der Waals surface area contributed by atoms with Crippen LogP contribution in [0.3, 0.4) is 0 Å². The maximum Gasteiger partial charge on any atom is 0.414 e. The third-order valence-electron chi connectivity index (χ3n) is 1.50. The molecule has 0 spiro atoms. The molecule has 4 heteroatoms. The molecule has 1 amide bonds. The number of hydrogen-bond acceptors (Lipinski definition) is 3. The molecule has 0 radical (unpaired) electrons. The number of hydrogen-bond donors (Lipinski definition) is 0. The Kier molecular flexibility index (Phi) is 1.00. The van der Waals surface area contributed by atoms with Crippen LogP contribution in [0.5, 0.6) is 0 Å². The highest BCUT2D eigenvalue weighted by Gasteiger charge is 2.27. The van der Waals surface area contributed by atoms with E-state index in [1.165, 1.54) is 0 Å². The number of carbonyl (C=O) groups excluding carboxylic acids is 1. The molecule has 2 rings (SSSR count). The minimum Gasteiger partial charge on any atom is -0.443 e. The molecule has 52 valence electrons. The lowest BCUT2D eigenvalue weighted by atomic mass is 10.4. The minimum absolute atomic E-state index is 0.266. The molecule has 0 aromatic carbocycles. The van der Waals surface area contributed by atoms with Crippen LogP contribution in [0.1, 0.15) is 0 Å². The van der Waals surface area contributed by atoms with E-state index in [1.54, 1.807) is 17.3 Å². The van der Waals surface area contributed by atoms with E-state index in [-0.39, 0.29) is 6.09 Å². The van der Waals surface area contributed by atoms with Gasteiger partial charge in [-0.1, -0.05) is 0 Å². The Bertz CT molecular complexity index is 232. The fourth-order valence-corrected chi connectivity index (χ4v) is 0.975. The molecule has 1 saturated heterocycles. The van der Waals surface area contributed by atoms with E-state index in [2.05, 4.69) is 4.99 Å². The molecule has 4 nitrogen and oxygen atoms in total. The Balaban J connectivity index is 2.31. The van der Waals surface area contributed by atoms with Crippen LogP contribution in [0.4, 0.5) is 4.79 Å². The number of amides is 1. The highest BCUT2D eigenvalue weighted by molar-refractivity contribution is 5.78. The van der Waals surface area contributed by atoms with Crippen molar-refractivity contribution in [2.24, 2.45) is 4.99 Å². The van der Waals surface area contributed by atoms with E-state index in [4.69, 9.17) is 4.74 Å². The van der Waals surface area contributed by atoms with Crippen molar-refractivity contribution in [1.29, 1.82) is 0 Å². The Morgan fingerprint density at radius 1 is 1.70 bits per heavy atom. The maximum atomic E-state index is 10.8. The first-order valence-corrected chi connectivity index (χ1v) is 3.03. The molecule has 10 heavy (non-hydrogen) atoms. The zero-order valence-electron chi connectivity index (χ0n) is 5.28. The Hall–Kier alpha value is -1.32. The second-order valence-corrected chi connectivity index (χ2v) is 2.12. The first-order chi connectivity index (χ1) is 4.88. The van der Waals surface area contributed by atoms with Crippen molar-refractivity contribution in [2.45, 2.75) is 0 Å². The van der Waals surface area contributed by atoms with Crippen molar-refractivity contribution in [2.75, 3.05) is 13.2 Å². The third kappa shape index (κ3) is 0.618. The van der Waals surface area contributed by atoms with Crippen molar-refractivity contribution >= 4 is 12.3 Å². The quantitative estimate of drug-likeness (QED) is 0.485. The fourth-order valence-electron chi connectivity index (χ4n) is 0.975. The average molecular weight is 138 g/mol. The second kappa shape index (κ2) is 1.83. The van der Waals surface area contributed by atoms with E-state index in [0.717, 1.165) is 5.70 Å². The van der Waals surface area contributed by atoms with E-state index in [1.807, 2.05) is 0 Å². The third-order valence-corrected chi connectivity index (χ3v) is 1.50. The zero-order chi connectivity index (χ0) is 6.97. The summed E-state index contributed by atoms with van der Waals surface area (Å²) in [7, 11) is 0. The standard InChI is InChI=1S/C6H6N2O2/c9-6-8-2-1-7-3-5(8)4-10-6/h1,3H,2,4H2. The first-order valence-electron chi connectivity index (χ1n) is 3.03. The van der Waals surface area contributed by atoms with Gasteiger partial charge in [0, 0.05) is 12.4 Å². The van der Waals surface area contributed by atoms with Crippen molar-refractivity contribution in [1.82, 2.24) is 4.90 Å². The van der Waals surface area contributed by atoms with Crippen molar-refractivity contribution in [3.63, 3.8) is 0 Å². The summed E-state index contributed by atoms with van der Waals surface area (Å²) in [5.74, 6) is 0. The van der Waals surface area contributed by atoms with E-state index in [9.17, 15) is 4.79 Å². The van der Waals surface area contributed by atoms with Gasteiger partial charge in [0.2, 0.25) is 0 Å². The summed E-state index contributed by atoms with van der Waals surface area (Å²) in [6.45, 7) is 0.917. The molecule has 2 heterocycles. The highest BCUT2D eigenvalue weighted by Crippen LogP contribution is 2.16. The molecule has 0 bridgehead atoms. The van der Waals surface area contributed by atoms with Gasteiger partial charge in [-0.3, -0.25) is 9.89 Å². The van der Waals surface area contributed by atoms with Crippen LogP contribution in [0.15, 0.2) is 16.9 Å². The topological polar surface area (TPSA) is 41.9 Å². The molecule has 0 unspecified atom stereocenters. The van der Waals surface area contributed by atoms with Gasteiger partial charge in [-0.25, -0.2) is 4.79 Å². The fraction of sp³-hybridized carbons (Fsp3) is 0.333. The lowest BCUT2D eigenvalue weighted by Crippen LogP contribution is -2.26. The van der Waals surface area contributed by atoms with Gasteiger partial charge >= 0.3 is 6.09 Å². The predicted molar refractivity (Wildman–Crippen MR) is 34.6 cm³/mol. The average Bonchev–Trinajstić information content (AvgIpc) is 2.34. The maximum absolute atomic E-state index is 10.8. The molecular formula is C6H6N2O2. The van der Waals surface area contributed by atoms with Crippen LogP contribution in [0.25, 0.3) is 0 Å².